The zero-order chi connectivity index (χ0) is 13.2. The zero-order valence-electron chi connectivity index (χ0n) is 10.2. The number of rotatable bonds is 4. The van der Waals surface area contributed by atoms with Crippen molar-refractivity contribution in [2.24, 2.45) is 0 Å². The Bertz CT molecular complexity index is 423. The molecule has 17 heavy (non-hydrogen) atoms. The minimum atomic E-state index is -1.13. The molecule has 5 nitrogen and oxygen atoms in total. The summed E-state index contributed by atoms with van der Waals surface area (Å²) in [6.07, 6.45) is 0.236. The number of aliphatic carboxylic acids is 1. The van der Waals surface area contributed by atoms with Gasteiger partial charge in [-0.1, -0.05) is 6.07 Å². The lowest BCUT2D eigenvalue weighted by Crippen LogP contribution is -2.55. The number of hydrogen-bond donors (Lipinski definition) is 2. The van der Waals surface area contributed by atoms with Crippen molar-refractivity contribution >= 4 is 5.97 Å². The van der Waals surface area contributed by atoms with Crippen molar-refractivity contribution in [3.05, 3.63) is 23.8 Å². The zero-order valence-corrected chi connectivity index (χ0v) is 10.2. The monoisotopic (exact) mass is 239 g/mol. The summed E-state index contributed by atoms with van der Waals surface area (Å²) >= 11 is 0. The fourth-order valence-corrected chi connectivity index (χ4v) is 1.59. The van der Waals surface area contributed by atoms with Crippen molar-refractivity contribution in [3.8, 4) is 11.5 Å². The van der Waals surface area contributed by atoms with Crippen molar-refractivity contribution in [2.45, 2.75) is 12.5 Å². The van der Waals surface area contributed by atoms with Crippen LogP contribution in [0.4, 0.5) is 0 Å². The fraction of sp³-hybridized carbons (Fsp3) is 0.417. The molecule has 0 spiro atoms. The van der Waals surface area contributed by atoms with Gasteiger partial charge >= 0.3 is 0 Å². The van der Waals surface area contributed by atoms with Crippen LogP contribution >= 0.6 is 0 Å². The maximum atomic E-state index is 11.1. The third-order valence-electron chi connectivity index (χ3n) is 2.68. The first kappa shape index (κ1) is 13.3. The summed E-state index contributed by atoms with van der Waals surface area (Å²) in [4.78, 5) is 11.1. The number of carboxylic acids is 1. The van der Waals surface area contributed by atoms with E-state index >= 15 is 0 Å². The van der Waals surface area contributed by atoms with E-state index in [1.165, 1.54) is 12.1 Å². The van der Waals surface area contributed by atoms with Crippen LogP contribution in [0, 0.1) is 0 Å². The summed E-state index contributed by atoms with van der Waals surface area (Å²) in [7, 11) is 5.29. The van der Waals surface area contributed by atoms with Crippen molar-refractivity contribution in [3.63, 3.8) is 0 Å². The van der Waals surface area contributed by atoms with Gasteiger partial charge in [0.15, 0.2) is 11.5 Å². The Morgan fingerprint density at radius 1 is 1.29 bits per heavy atom. The van der Waals surface area contributed by atoms with E-state index in [9.17, 15) is 15.0 Å². The third kappa shape index (κ3) is 3.35. The van der Waals surface area contributed by atoms with Gasteiger partial charge in [0.2, 0.25) is 0 Å². The van der Waals surface area contributed by atoms with E-state index in [1.807, 2.05) is 0 Å². The van der Waals surface area contributed by atoms with Gasteiger partial charge in [-0.3, -0.25) is 0 Å². The molecule has 1 rings (SSSR count). The minimum absolute atomic E-state index is 0.219. The molecule has 2 N–H and O–H groups in total. The van der Waals surface area contributed by atoms with Crippen LogP contribution < -0.4 is 5.11 Å². The second-order valence-electron chi connectivity index (χ2n) is 4.98. The number of hydrogen-bond acceptors (Lipinski definition) is 4. The van der Waals surface area contributed by atoms with E-state index in [2.05, 4.69) is 0 Å². The van der Waals surface area contributed by atoms with Gasteiger partial charge in [0.25, 0.3) is 0 Å². The Labute approximate surface area is 100 Å². The van der Waals surface area contributed by atoms with E-state index in [1.54, 1.807) is 27.2 Å². The van der Waals surface area contributed by atoms with Crippen LogP contribution in [0.5, 0.6) is 11.5 Å². The molecule has 0 saturated heterocycles. The van der Waals surface area contributed by atoms with E-state index < -0.39 is 12.0 Å². The first-order valence-corrected chi connectivity index (χ1v) is 5.24. The number of carboxylic acid groups (broad SMARTS) is 1. The maximum Gasteiger partial charge on any atom is 0.157 e. The Morgan fingerprint density at radius 2 is 1.88 bits per heavy atom. The van der Waals surface area contributed by atoms with Crippen molar-refractivity contribution in [2.75, 3.05) is 21.1 Å². The molecule has 0 aliphatic heterocycles. The molecule has 0 aromatic heterocycles. The lowest BCUT2D eigenvalue weighted by atomic mass is 10.0. The Morgan fingerprint density at radius 3 is 2.29 bits per heavy atom. The molecule has 0 radical (unpaired) electrons. The molecule has 1 aromatic carbocycles. The number of likely N-dealkylation sites (N-methyl/N-ethyl adjacent to an activating group) is 1. The molecule has 5 heteroatoms. The normalized spacial score (nSPS) is 13.4. The highest BCUT2D eigenvalue weighted by Crippen LogP contribution is 2.26. The quantitative estimate of drug-likeness (QED) is 0.546. The first-order valence-electron chi connectivity index (χ1n) is 5.24. The number of nitrogens with zero attached hydrogens (tertiary/aromatic N) is 1. The summed E-state index contributed by atoms with van der Waals surface area (Å²) in [5.41, 5.74) is 0.641. The Hall–Kier alpha value is -1.75. The van der Waals surface area contributed by atoms with Crippen molar-refractivity contribution < 1.29 is 24.6 Å². The maximum absolute atomic E-state index is 11.1. The van der Waals surface area contributed by atoms with Gasteiger partial charge in [-0.2, -0.15) is 0 Å². The van der Waals surface area contributed by atoms with Gasteiger partial charge in [0.1, 0.15) is 6.04 Å². The standard InChI is InChI=1S/C12H17NO4/c1-13(2,3)9(12(16)17)6-8-4-5-10(14)11(15)7-8/h4-5,7,9H,6H2,1-3H3,(H2-,14,15,16,17)/t9-/m0/s1. The molecule has 0 heterocycles. The molecule has 94 valence electrons. The minimum Gasteiger partial charge on any atom is -0.544 e. The lowest BCUT2D eigenvalue weighted by molar-refractivity contribution is -0.889. The van der Waals surface area contributed by atoms with Gasteiger partial charge in [0.05, 0.1) is 27.1 Å². The van der Waals surface area contributed by atoms with Crippen LogP contribution in [-0.4, -0.2) is 47.9 Å². The summed E-state index contributed by atoms with van der Waals surface area (Å²) in [6, 6.07) is 3.58. The van der Waals surface area contributed by atoms with Crippen molar-refractivity contribution in [1.82, 2.24) is 0 Å². The first-order chi connectivity index (χ1) is 7.71. The van der Waals surface area contributed by atoms with Gasteiger partial charge in [0, 0.05) is 6.42 Å². The largest absolute Gasteiger partial charge is 0.544 e. The van der Waals surface area contributed by atoms with E-state index in [0.29, 0.717) is 5.56 Å². The summed E-state index contributed by atoms with van der Waals surface area (Å²) in [6.45, 7) is 0. The topological polar surface area (TPSA) is 80.6 Å². The summed E-state index contributed by atoms with van der Waals surface area (Å²) in [5, 5.41) is 29.6. The van der Waals surface area contributed by atoms with Crippen LogP contribution in [0.15, 0.2) is 18.2 Å². The number of phenols is 2. The molecular formula is C12H17NO4. The molecule has 0 amide bonds. The average molecular weight is 239 g/mol. The number of carbonyl (C=O) groups is 1. The second-order valence-corrected chi connectivity index (χ2v) is 4.98. The number of aromatic hydroxyl groups is 2. The van der Waals surface area contributed by atoms with Gasteiger partial charge in [-0.05, 0) is 17.7 Å². The van der Waals surface area contributed by atoms with Crippen LogP contribution in [0.1, 0.15) is 5.56 Å². The van der Waals surface area contributed by atoms with E-state index in [4.69, 9.17) is 5.11 Å². The SMILES string of the molecule is C[N+](C)(C)[C@@H](Cc1ccc(O)c(O)c1)C(=O)[O-]. The predicted molar refractivity (Wildman–Crippen MR) is 60.3 cm³/mol. The number of carbonyl (C=O) groups excluding carboxylic acids is 1. The Balaban J connectivity index is 2.95. The fourth-order valence-electron chi connectivity index (χ4n) is 1.59. The molecule has 0 aliphatic carbocycles. The molecule has 0 saturated carbocycles. The van der Waals surface area contributed by atoms with Crippen molar-refractivity contribution in [1.29, 1.82) is 0 Å². The van der Waals surface area contributed by atoms with Crippen LogP contribution in [0.2, 0.25) is 0 Å². The summed E-state index contributed by atoms with van der Waals surface area (Å²) in [5.74, 6) is -1.60. The lowest BCUT2D eigenvalue weighted by Gasteiger charge is -2.34. The highest BCUT2D eigenvalue weighted by molar-refractivity contribution is 5.70. The Kier molecular flexibility index (Phi) is 3.63. The number of quaternary nitrogens is 1. The predicted octanol–water partition coefficient (Wildman–Crippen LogP) is -0.535. The van der Waals surface area contributed by atoms with Crippen LogP contribution in [0.25, 0.3) is 0 Å². The van der Waals surface area contributed by atoms with E-state index in [-0.39, 0.29) is 22.4 Å². The molecule has 0 bridgehead atoms. The smallest absolute Gasteiger partial charge is 0.157 e. The van der Waals surface area contributed by atoms with Crippen LogP contribution in [-0.2, 0) is 11.2 Å². The molecular weight excluding hydrogens is 222 g/mol. The van der Waals surface area contributed by atoms with E-state index in [0.717, 1.165) is 0 Å². The highest BCUT2D eigenvalue weighted by atomic mass is 16.4. The van der Waals surface area contributed by atoms with Crippen LogP contribution in [0.3, 0.4) is 0 Å². The molecule has 1 atom stereocenters. The number of phenolic OH excluding ortho intramolecular Hbond substituents is 2. The van der Waals surface area contributed by atoms with Gasteiger partial charge in [-0.15, -0.1) is 0 Å². The molecule has 0 aliphatic rings. The molecule has 0 unspecified atom stereocenters. The summed E-state index contributed by atoms with van der Waals surface area (Å²) < 4.78 is 0.226. The number of benzene rings is 1. The highest BCUT2D eigenvalue weighted by Gasteiger charge is 2.25. The molecule has 1 aromatic rings. The average Bonchev–Trinajstić information content (AvgIpc) is 2.17. The van der Waals surface area contributed by atoms with Gasteiger partial charge in [-0.25, -0.2) is 0 Å². The third-order valence-corrected chi connectivity index (χ3v) is 2.68. The second kappa shape index (κ2) is 4.63. The van der Waals surface area contributed by atoms with Gasteiger partial charge < -0.3 is 24.6 Å². The molecule has 0 fully saturated rings.